The molecule has 0 fully saturated rings. The van der Waals surface area contributed by atoms with Crippen molar-refractivity contribution in [1.82, 2.24) is 0 Å². The lowest BCUT2D eigenvalue weighted by Crippen LogP contribution is -2.36. The molecule has 2 N–H and O–H groups in total. The third-order valence-electron chi connectivity index (χ3n) is 4.40. The van der Waals surface area contributed by atoms with Crippen LogP contribution in [0, 0.1) is 0 Å². The number of ether oxygens (including phenoxy) is 1. The largest absolute Gasteiger partial charge is 0.497 e. The lowest BCUT2D eigenvalue weighted by atomic mass is 9.88. The predicted molar refractivity (Wildman–Crippen MR) is 90.3 cm³/mol. The second-order valence-electron chi connectivity index (χ2n) is 5.88. The summed E-state index contributed by atoms with van der Waals surface area (Å²) in [6.07, 6.45) is 0.568. The van der Waals surface area contributed by atoms with Crippen molar-refractivity contribution in [2.45, 2.75) is 25.4 Å². The third-order valence-corrected chi connectivity index (χ3v) is 4.40. The van der Waals surface area contributed by atoms with E-state index in [-0.39, 0.29) is 12.2 Å². The van der Waals surface area contributed by atoms with Crippen LogP contribution >= 0.6 is 0 Å². The van der Waals surface area contributed by atoms with Crippen molar-refractivity contribution >= 4 is 17.4 Å². The van der Waals surface area contributed by atoms with Gasteiger partial charge in [-0.1, -0.05) is 31.2 Å². The van der Waals surface area contributed by atoms with Crippen LogP contribution < -0.4 is 10.1 Å². The molecule has 1 amide bonds. The summed E-state index contributed by atoms with van der Waals surface area (Å²) in [7, 11) is 1.51. The first-order chi connectivity index (χ1) is 11.5. The molecule has 0 radical (unpaired) electrons. The number of Topliss-reactive ketones (excluding diaryl/α,β-unsaturated/α-hetero) is 1. The van der Waals surface area contributed by atoms with E-state index in [1.165, 1.54) is 7.11 Å². The van der Waals surface area contributed by atoms with Crippen LogP contribution in [0.15, 0.2) is 42.5 Å². The molecule has 2 aromatic carbocycles. The summed E-state index contributed by atoms with van der Waals surface area (Å²) < 4.78 is 5.15. The maximum Gasteiger partial charge on any atom is 0.261 e. The second kappa shape index (κ2) is 6.09. The lowest BCUT2D eigenvalue weighted by molar-refractivity contribution is -0.133. The summed E-state index contributed by atoms with van der Waals surface area (Å²) in [5, 5.41) is 13.5. The molecule has 24 heavy (non-hydrogen) atoms. The van der Waals surface area contributed by atoms with Gasteiger partial charge in [0, 0.05) is 16.8 Å². The number of rotatable bonds is 5. The first-order valence-electron chi connectivity index (χ1n) is 7.82. The van der Waals surface area contributed by atoms with Crippen LogP contribution in [0.2, 0.25) is 0 Å². The van der Waals surface area contributed by atoms with Crippen molar-refractivity contribution in [2.75, 3.05) is 12.4 Å². The number of benzene rings is 2. The second-order valence-corrected chi connectivity index (χ2v) is 5.88. The van der Waals surface area contributed by atoms with Gasteiger partial charge >= 0.3 is 0 Å². The monoisotopic (exact) mass is 325 g/mol. The molecule has 0 aliphatic carbocycles. The van der Waals surface area contributed by atoms with Crippen molar-refractivity contribution in [1.29, 1.82) is 0 Å². The van der Waals surface area contributed by atoms with E-state index in [9.17, 15) is 14.7 Å². The number of methoxy groups -OCH3 is 1. The molecule has 0 saturated carbocycles. The van der Waals surface area contributed by atoms with Crippen LogP contribution in [0.3, 0.4) is 0 Å². The Labute approximate surface area is 140 Å². The first-order valence-corrected chi connectivity index (χ1v) is 7.82. The van der Waals surface area contributed by atoms with Gasteiger partial charge < -0.3 is 15.2 Å². The van der Waals surface area contributed by atoms with Crippen LogP contribution in [0.4, 0.5) is 5.69 Å². The van der Waals surface area contributed by atoms with Gasteiger partial charge in [0.15, 0.2) is 11.4 Å². The van der Waals surface area contributed by atoms with Gasteiger partial charge in [-0.15, -0.1) is 0 Å². The smallest absolute Gasteiger partial charge is 0.261 e. The molecule has 0 aromatic heterocycles. The molecule has 0 bridgehead atoms. The maximum atomic E-state index is 12.5. The zero-order chi connectivity index (χ0) is 17.3. The molecule has 5 nitrogen and oxygen atoms in total. The van der Waals surface area contributed by atoms with Crippen LogP contribution in [0.5, 0.6) is 5.75 Å². The minimum Gasteiger partial charge on any atom is -0.497 e. The molecule has 5 heteroatoms. The van der Waals surface area contributed by atoms with Gasteiger partial charge in [-0.25, -0.2) is 0 Å². The zero-order valence-corrected chi connectivity index (χ0v) is 13.6. The fourth-order valence-electron chi connectivity index (χ4n) is 2.89. The molecular weight excluding hydrogens is 306 g/mol. The van der Waals surface area contributed by atoms with E-state index in [2.05, 4.69) is 5.32 Å². The topological polar surface area (TPSA) is 75.6 Å². The van der Waals surface area contributed by atoms with E-state index >= 15 is 0 Å². The molecule has 1 heterocycles. The Morgan fingerprint density at radius 3 is 2.54 bits per heavy atom. The van der Waals surface area contributed by atoms with Crippen molar-refractivity contribution in [2.24, 2.45) is 0 Å². The quantitative estimate of drug-likeness (QED) is 0.829. The number of carbonyl (C=O) groups is 2. The summed E-state index contributed by atoms with van der Waals surface area (Å²) in [5.74, 6) is -0.362. The van der Waals surface area contributed by atoms with E-state index in [1.54, 1.807) is 30.3 Å². The van der Waals surface area contributed by atoms with Crippen LogP contribution in [-0.4, -0.2) is 23.9 Å². The average Bonchev–Trinajstić information content (AvgIpc) is 2.85. The predicted octanol–water partition coefficient (Wildman–Crippen LogP) is 2.67. The minimum atomic E-state index is -1.88. The molecule has 0 unspecified atom stereocenters. The number of hydrogen-bond acceptors (Lipinski definition) is 4. The van der Waals surface area contributed by atoms with E-state index in [0.29, 0.717) is 22.6 Å². The van der Waals surface area contributed by atoms with Crippen LogP contribution in [0.1, 0.15) is 34.8 Å². The minimum absolute atomic E-state index is 0.286. The SMILES string of the molecule is CCc1ccc(C(=O)C[C@]2(O)C(=O)Nc3ccc(OC)cc32)cc1. The van der Waals surface area contributed by atoms with E-state index in [0.717, 1.165) is 12.0 Å². The Morgan fingerprint density at radius 1 is 1.21 bits per heavy atom. The summed E-state index contributed by atoms with van der Waals surface area (Å²) in [5.41, 5.74) is 0.580. The van der Waals surface area contributed by atoms with E-state index in [1.807, 2.05) is 19.1 Å². The zero-order valence-electron chi connectivity index (χ0n) is 13.6. The van der Waals surface area contributed by atoms with Gasteiger partial charge in [-0.05, 0) is 30.2 Å². The van der Waals surface area contributed by atoms with Gasteiger partial charge in [0.1, 0.15) is 5.75 Å². The van der Waals surface area contributed by atoms with Gasteiger partial charge in [-0.3, -0.25) is 9.59 Å². The highest BCUT2D eigenvalue weighted by molar-refractivity contribution is 6.09. The Hall–Kier alpha value is -2.66. The summed E-state index contributed by atoms with van der Waals surface area (Å²) in [6, 6.07) is 12.1. The molecule has 3 rings (SSSR count). The van der Waals surface area contributed by atoms with Crippen molar-refractivity contribution in [3.05, 3.63) is 59.2 Å². The summed E-state index contributed by atoms with van der Waals surface area (Å²) in [4.78, 5) is 24.8. The number of ketones is 1. The van der Waals surface area contributed by atoms with Gasteiger partial charge in [0.2, 0.25) is 0 Å². The summed E-state index contributed by atoms with van der Waals surface area (Å²) in [6.45, 7) is 2.03. The molecule has 0 saturated heterocycles. The molecule has 1 atom stereocenters. The molecule has 0 spiro atoms. The van der Waals surface area contributed by atoms with Gasteiger partial charge in [-0.2, -0.15) is 0 Å². The van der Waals surface area contributed by atoms with Gasteiger partial charge in [0.05, 0.1) is 13.5 Å². The standard InChI is InChI=1S/C19H19NO4/c1-3-12-4-6-13(7-5-12)17(21)11-19(23)15-10-14(24-2)8-9-16(15)20-18(19)22/h4-10,23H,3,11H2,1-2H3,(H,20,22)/t19-/m1/s1. The number of carbonyl (C=O) groups excluding carboxylic acids is 2. The highest BCUT2D eigenvalue weighted by Gasteiger charge is 2.47. The van der Waals surface area contributed by atoms with E-state index < -0.39 is 11.5 Å². The Kier molecular flexibility index (Phi) is 4.11. The molecular formula is C19H19NO4. The van der Waals surface area contributed by atoms with Crippen molar-refractivity contribution < 1.29 is 19.4 Å². The molecule has 2 aromatic rings. The highest BCUT2D eigenvalue weighted by atomic mass is 16.5. The lowest BCUT2D eigenvalue weighted by Gasteiger charge is -2.20. The van der Waals surface area contributed by atoms with Crippen molar-refractivity contribution in [3.8, 4) is 5.75 Å². The number of fused-ring (bicyclic) bond motifs is 1. The Bertz CT molecular complexity index is 798. The van der Waals surface area contributed by atoms with E-state index in [4.69, 9.17) is 4.74 Å². The Balaban J connectivity index is 1.91. The number of aliphatic hydroxyl groups is 1. The first kappa shape index (κ1) is 16.2. The molecule has 124 valence electrons. The number of aryl methyl sites for hydroxylation is 1. The van der Waals surface area contributed by atoms with Crippen LogP contribution in [-0.2, 0) is 16.8 Å². The number of nitrogens with one attached hydrogen (secondary N) is 1. The number of hydrogen-bond donors (Lipinski definition) is 2. The van der Waals surface area contributed by atoms with Crippen molar-refractivity contribution in [3.63, 3.8) is 0 Å². The summed E-state index contributed by atoms with van der Waals surface area (Å²) >= 11 is 0. The van der Waals surface area contributed by atoms with Crippen LogP contribution in [0.25, 0.3) is 0 Å². The highest BCUT2D eigenvalue weighted by Crippen LogP contribution is 2.40. The number of amides is 1. The van der Waals surface area contributed by atoms with Gasteiger partial charge in [0.25, 0.3) is 5.91 Å². The molecule has 1 aliphatic rings. The maximum absolute atomic E-state index is 12.5. The Morgan fingerprint density at radius 2 is 1.92 bits per heavy atom. The molecule has 1 aliphatic heterocycles. The normalized spacial score (nSPS) is 18.9. The fourth-order valence-corrected chi connectivity index (χ4v) is 2.89. The number of anilines is 1. The fraction of sp³-hybridized carbons (Fsp3) is 0.263. The third kappa shape index (κ3) is 2.67. The average molecular weight is 325 g/mol.